The molecule has 0 N–H and O–H groups in total. The Morgan fingerprint density at radius 3 is 2.75 bits per heavy atom. The van der Waals surface area contributed by atoms with Gasteiger partial charge in [0.1, 0.15) is 0 Å². The average Bonchev–Trinajstić information content (AvgIpc) is 2.99. The molecular formula is C14H21NO5. The van der Waals surface area contributed by atoms with Crippen molar-refractivity contribution in [3.63, 3.8) is 0 Å². The molecule has 1 aromatic rings. The Morgan fingerprint density at radius 2 is 2.15 bits per heavy atom. The molecule has 0 aliphatic carbocycles. The molecule has 0 aliphatic heterocycles. The third kappa shape index (κ3) is 5.44. The lowest BCUT2D eigenvalue weighted by molar-refractivity contribution is -0.140. The van der Waals surface area contributed by atoms with E-state index in [1.54, 1.807) is 17.0 Å². The molecule has 0 radical (unpaired) electrons. The summed E-state index contributed by atoms with van der Waals surface area (Å²) in [5.74, 6) is -0.297. The van der Waals surface area contributed by atoms with Crippen molar-refractivity contribution in [1.29, 1.82) is 0 Å². The fraction of sp³-hybridized carbons (Fsp3) is 0.571. The average molecular weight is 283 g/mol. The van der Waals surface area contributed by atoms with E-state index < -0.39 is 0 Å². The molecule has 0 saturated carbocycles. The summed E-state index contributed by atoms with van der Waals surface area (Å²) in [6, 6.07) is 3.27. The number of rotatable bonds is 9. The van der Waals surface area contributed by atoms with Gasteiger partial charge in [-0.25, -0.2) is 0 Å². The smallest absolute Gasteiger partial charge is 0.307 e. The lowest BCUT2D eigenvalue weighted by Gasteiger charge is -2.21. The number of methoxy groups -OCH3 is 1. The Hall–Kier alpha value is -1.82. The molecule has 0 saturated heterocycles. The Balaban J connectivity index is 2.53. The van der Waals surface area contributed by atoms with Crippen molar-refractivity contribution in [3.05, 3.63) is 24.2 Å². The second-order valence-electron chi connectivity index (χ2n) is 4.15. The van der Waals surface area contributed by atoms with Crippen molar-refractivity contribution in [2.24, 2.45) is 0 Å². The van der Waals surface area contributed by atoms with E-state index in [2.05, 4.69) is 4.74 Å². The molecule has 1 aromatic heterocycles. The minimum absolute atomic E-state index is 0.164. The summed E-state index contributed by atoms with van der Waals surface area (Å²) < 4.78 is 14.9. The zero-order valence-electron chi connectivity index (χ0n) is 12.0. The summed E-state index contributed by atoms with van der Waals surface area (Å²) >= 11 is 0. The molecule has 0 atom stereocenters. The first-order valence-corrected chi connectivity index (χ1v) is 6.66. The molecule has 112 valence electrons. The number of nitrogens with zero attached hydrogens (tertiary/aromatic N) is 1. The van der Waals surface area contributed by atoms with Gasteiger partial charge in [0.25, 0.3) is 5.91 Å². The van der Waals surface area contributed by atoms with Gasteiger partial charge in [0.15, 0.2) is 5.76 Å². The lowest BCUT2D eigenvalue weighted by Crippen LogP contribution is -2.34. The highest BCUT2D eigenvalue weighted by molar-refractivity contribution is 5.91. The van der Waals surface area contributed by atoms with Gasteiger partial charge < -0.3 is 18.8 Å². The molecule has 20 heavy (non-hydrogen) atoms. The fourth-order valence-electron chi connectivity index (χ4n) is 1.70. The van der Waals surface area contributed by atoms with E-state index in [0.29, 0.717) is 32.7 Å². The fourth-order valence-corrected chi connectivity index (χ4v) is 1.70. The van der Waals surface area contributed by atoms with Crippen molar-refractivity contribution in [2.45, 2.75) is 19.8 Å². The maximum absolute atomic E-state index is 12.2. The van der Waals surface area contributed by atoms with Crippen LogP contribution in [0.15, 0.2) is 22.8 Å². The summed E-state index contributed by atoms with van der Waals surface area (Å²) in [5.41, 5.74) is 0. The molecule has 1 rings (SSSR count). The number of hydrogen-bond donors (Lipinski definition) is 0. The van der Waals surface area contributed by atoms with E-state index in [-0.39, 0.29) is 24.1 Å². The van der Waals surface area contributed by atoms with Crippen molar-refractivity contribution in [2.75, 3.05) is 33.4 Å². The highest BCUT2D eigenvalue weighted by Gasteiger charge is 2.18. The minimum Gasteiger partial charge on any atom is -0.469 e. The van der Waals surface area contributed by atoms with Crippen LogP contribution >= 0.6 is 0 Å². The first-order valence-electron chi connectivity index (χ1n) is 6.66. The van der Waals surface area contributed by atoms with Gasteiger partial charge in [-0.3, -0.25) is 9.59 Å². The van der Waals surface area contributed by atoms with Crippen LogP contribution in [-0.4, -0.2) is 50.2 Å². The summed E-state index contributed by atoms with van der Waals surface area (Å²) in [5, 5.41) is 0. The van der Waals surface area contributed by atoms with Crippen LogP contribution in [0.2, 0.25) is 0 Å². The van der Waals surface area contributed by atoms with Gasteiger partial charge in [0.2, 0.25) is 0 Å². The van der Waals surface area contributed by atoms with Gasteiger partial charge >= 0.3 is 5.97 Å². The summed E-state index contributed by atoms with van der Waals surface area (Å²) in [6.07, 6.45) is 2.32. The van der Waals surface area contributed by atoms with Crippen molar-refractivity contribution in [3.8, 4) is 0 Å². The first kappa shape index (κ1) is 16.2. The second kappa shape index (κ2) is 9.14. The van der Waals surface area contributed by atoms with Crippen LogP contribution in [0.1, 0.15) is 30.3 Å². The maximum Gasteiger partial charge on any atom is 0.307 e. The van der Waals surface area contributed by atoms with Gasteiger partial charge in [-0.15, -0.1) is 0 Å². The Kier molecular flexibility index (Phi) is 7.42. The second-order valence-corrected chi connectivity index (χ2v) is 4.15. The number of furan rings is 1. The predicted octanol–water partition coefficient (Wildman–Crippen LogP) is 1.71. The van der Waals surface area contributed by atoms with E-state index in [9.17, 15) is 9.59 Å². The topological polar surface area (TPSA) is 69.0 Å². The lowest BCUT2D eigenvalue weighted by atomic mass is 10.3. The molecule has 0 bridgehead atoms. The van der Waals surface area contributed by atoms with Gasteiger partial charge in [-0.05, 0) is 25.5 Å². The van der Waals surface area contributed by atoms with Gasteiger partial charge in [-0.2, -0.15) is 0 Å². The first-order chi connectivity index (χ1) is 9.69. The quantitative estimate of drug-likeness (QED) is 0.510. The van der Waals surface area contributed by atoms with E-state index in [1.165, 1.54) is 13.4 Å². The van der Waals surface area contributed by atoms with Gasteiger partial charge in [-0.1, -0.05) is 0 Å². The van der Waals surface area contributed by atoms with Crippen LogP contribution < -0.4 is 0 Å². The maximum atomic E-state index is 12.2. The highest BCUT2D eigenvalue weighted by atomic mass is 16.5. The normalized spacial score (nSPS) is 10.3. The molecule has 6 nitrogen and oxygen atoms in total. The number of ether oxygens (including phenoxy) is 2. The number of carbonyl (C=O) groups excluding carboxylic acids is 2. The van der Waals surface area contributed by atoms with Crippen LogP contribution in [0.3, 0.4) is 0 Å². The Bertz CT molecular complexity index is 402. The molecular weight excluding hydrogens is 262 g/mol. The largest absolute Gasteiger partial charge is 0.469 e. The number of esters is 1. The summed E-state index contributed by atoms with van der Waals surface area (Å²) in [6.45, 7) is 3.96. The molecule has 0 spiro atoms. The zero-order valence-corrected chi connectivity index (χ0v) is 12.0. The molecule has 0 fully saturated rings. The monoisotopic (exact) mass is 283 g/mol. The third-order valence-corrected chi connectivity index (χ3v) is 2.75. The summed E-state index contributed by atoms with van der Waals surface area (Å²) in [4.78, 5) is 25.0. The molecule has 6 heteroatoms. The Morgan fingerprint density at radius 1 is 1.35 bits per heavy atom. The summed E-state index contributed by atoms with van der Waals surface area (Å²) in [7, 11) is 1.33. The molecule has 1 heterocycles. The Labute approximate surface area is 118 Å². The van der Waals surface area contributed by atoms with E-state index in [1.807, 2.05) is 6.92 Å². The molecule has 0 aliphatic rings. The molecule has 0 unspecified atom stereocenters. The standard InChI is InChI=1S/C14H21NO5/c1-3-19-10-5-8-15(9-7-13(16)18-2)14(17)12-6-4-11-20-12/h4,6,11H,3,5,7-10H2,1-2H3. The van der Waals surface area contributed by atoms with Gasteiger partial charge in [0, 0.05) is 26.3 Å². The van der Waals surface area contributed by atoms with Gasteiger partial charge in [0.05, 0.1) is 19.8 Å². The molecule has 0 aromatic carbocycles. The van der Waals surface area contributed by atoms with E-state index >= 15 is 0 Å². The number of carbonyl (C=O) groups is 2. The number of hydrogen-bond acceptors (Lipinski definition) is 5. The van der Waals surface area contributed by atoms with Crippen molar-refractivity contribution < 1.29 is 23.5 Å². The number of amides is 1. The van der Waals surface area contributed by atoms with Crippen LogP contribution in [-0.2, 0) is 14.3 Å². The van der Waals surface area contributed by atoms with Crippen LogP contribution in [0.4, 0.5) is 0 Å². The predicted molar refractivity (Wildman–Crippen MR) is 72.4 cm³/mol. The SMILES string of the molecule is CCOCCCN(CCC(=O)OC)C(=O)c1ccco1. The minimum atomic E-state index is -0.341. The molecule has 1 amide bonds. The zero-order chi connectivity index (χ0) is 14.8. The third-order valence-electron chi connectivity index (χ3n) is 2.75. The van der Waals surface area contributed by atoms with E-state index in [0.717, 1.165) is 0 Å². The van der Waals surface area contributed by atoms with Crippen LogP contribution in [0.5, 0.6) is 0 Å². The van der Waals surface area contributed by atoms with Crippen molar-refractivity contribution >= 4 is 11.9 Å². The van der Waals surface area contributed by atoms with E-state index in [4.69, 9.17) is 9.15 Å². The van der Waals surface area contributed by atoms with Crippen LogP contribution in [0.25, 0.3) is 0 Å². The van der Waals surface area contributed by atoms with Crippen LogP contribution in [0, 0.1) is 0 Å². The highest BCUT2D eigenvalue weighted by Crippen LogP contribution is 2.07. The van der Waals surface area contributed by atoms with Crippen molar-refractivity contribution in [1.82, 2.24) is 4.90 Å².